The van der Waals surface area contributed by atoms with Crippen molar-refractivity contribution in [3.63, 3.8) is 0 Å². The summed E-state index contributed by atoms with van der Waals surface area (Å²) in [6, 6.07) is 13.4. The molecule has 150 valence electrons. The topological polar surface area (TPSA) is 78.5 Å². The predicted molar refractivity (Wildman–Crippen MR) is 111 cm³/mol. The molecule has 0 spiro atoms. The van der Waals surface area contributed by atoms with Crippen LogP contribution in [0.25, 0.3) is 0 Å². The van der Waals surface area contributed by atoms with E-state index in [0.29, 0.717) is 24.7 Å². The van der Waals surface area contributed by atoms with E-state index >= 15 is 0 Å². The molecule has 1 saturated heterocycles. The Morgan fingerprint density at radius 1 is 1.14 bits per heavy atom. The third-order valence-corrected chi connectivity index (χ3v) is 6.93. The van der Waals surface area contributed by atoms with E-state index in [0.717, 1.165) is 24.1 Å². The maximum Gasteiger partial charge on any atom is 0.319 e. The number of amides is 2. The number of aryl methyl sites for hydroxylation is 1. The predicted octanol–water partition coefficient (Wildman–Crippen LogP) is 3.87. The fraction of sp³-hybridized carbons (Fsp3) is 0.350. The third kappa shape index (κ3) is 5.25. The van der Waals surface area contributed by atoms with Crippen molar-refractivity contribution >= 4 is 33.3 Å². The largest absolute Gasteiger partial charge is 0.338 e. The van der Waals surface area contributed by atoms with Gasteiger partial charge in [-0.1, -0.05) is 29.3 Å². The average Bonchev–Trinajstić information content (AvgIpc) is 2.69. The van der Waals surface area contributed by atoms with Gasteiger partial charge in [-0.05, 0) is 62.1 Å². The second-order valence-electron chi connectivity index (χ2n) is 7.03. The van der Waals surface area contributed by atoms with Gasteiger partial charge in [-0.15, -0.1) is 0 Å². The molecule has 1 atom stereocenters. The highest BCUT2D eigenvalue weighted by atomic mass is 35.5. The van der Waals surface area contributed by atoms with Gasteiger partial charge in [0.2, 0.25) is 10.0 Å². The lowest BCUT2D eigenvalue weighted by atomic mass is 10.00. The minimum absolute atomic E-state index is 0.0691. The van der Waals surface area contributed by atoms with Crippen LogP contribution in [0.5, 0.6) is 0 Å². The van der Waals surface area contributed by atoms with Crippen molar-refractivity contribution < 1.29 is 13.2 Å². The number of anilines is 1. The van der Waals surface area contributed by atoms with Crippen LogP contribution in [0.1, 0.15) is 18.4 Å². The van der Waals surface area contributed by atoms with Crippen LogP contribution in [-0.4, -0.2) is 38.4 Å². The Balaban J connectivity index is 1.55. The lowest BCUT2D eigenvalue weighted by molar-refractivity contribution is 0.238. The summed E-state index contributed by atoms with van der Waals surface area (Å²) in [5, 5.41) is 6.13. The number of carbonyl (C=O) groups excluding carboxylic acids is 1. The second-order valence-corrected chi connectivity index (χ2v) is 9.40. The summed E-state index contributed by atoms with van der Waals surface area (Å²) in [5.41, 5.74) is 1.84. The maximum absolute atomic E-state index is 12.8. The Hall–Kier alpha value is -2.09. The van der Waals surface area contributed by atoms with Crippen LogP contribution in [0, 0.1) is 12.8 Å². The zero-order chi connectivity index (χ0) is 20.1. The van der Waals surface area contributed by atoms with E-state index in [4.69, 9.17) is 11.6 Å². The first-order valence-corrected chi connectivity index (χ1v) is 11.0. The van der Waals surface area contributed by atoms with Crippen LogP contribution in [-0.2, 0) is 10.0 Å². The highest BCUT2D eigenvalue weighted by molar-refractivity contribution is 7.89. The van der Waals surface area contributed by atoms with Gasteiger partial charge < -0.3 is 10.6 Å². The number of hydrogen-bond donors (Lipinski definition) is 2. The Kier molecular flexibility index (Phi) is 6.59. The number of nitrogens with zero attached hydrogens (tertiary/aromatic N) is 1. The van der Waals surface area contributed by atoms with Crippen LogP contribution in [0.15, 0.2) is 53.4 Å². The summed E-state index contributed by atoms with van der Waals surface area (Å²) < 4.78 is 27.2. The fourth-order valence-electron chi connectivity index (χ4n) is 3.22. The van der Waals surface area contributed by atoms with Crippen LogP contribution in [0.2, 0.25) is 5.02 Å². The zero-order valence-electron chi connectivity index (χ0n) is 15.7. The summed E-state index contributed by atoms with van der Waals surface area (Å²) in [7, 11) is -3.56. The zero-order valence-corrected chi connectivity index (χ0v) is 17.3. The van der Waals surface area contributed by atoms with Crippen LogP contribution >= 0.6 is 11.6 Å². The number of sulfonamides is 1. The van der Waals surface area contributed by atoms with Crippen molar-refractivity contribution in [2.24, 2.45) is 5.92 Å². The summed E-state index contributed by atoms with van der Waals surface area (Å²) in [4.78, 5) is 12.3. The lowest BCUT2D eigenvalue weighted by Gasteiger charge is -2.32. The first kappa shape index (κ1) is 20.6. The molecule has 1 aliphatic heterocycles. The van der Waals surface area contributed by atoms with Crippen molar-refractivity contribution in [2.75, 3.05) is 25.0 Å². The smallest absolute Gasteiger partial charge is 0.319 e. The number of nitrogens with one attached hydrogen (secondary N) is 2. The molecule has 1 unspecified atom stereocenters. The summed E-state index contributed by atoms with van der Waals surface area (Å²) >= 11 is 5.85. The van der Waals surface area contributed by atoms with Crippen molar-refractivity contribution in [3.8, 4) is 0 Å². The Labute approximate surface area is 170 Å². The molecule has 2 aromatic carbocycles. The Morgan fingerprint density at radius 2 is 1.82 bits per heavy atom. The lowest BCUT2D eigenvalue weighted by Crippen LogP contribution is -2.44. The van der Waals surface area contributed by atoms with Gasteiger partial charge in [-0.25, -0.2) is 13.2 Å². The van der Waals surface area contributed by atoms with Gasteiger partial charge in [-0.2, -0.15) is 4.31 Å². The fourth-order valence-corrected chi connectivity index (χ4v) is 4.90. The Bertz CT molecular complexity index is 915. The van der Waals surface area contributed by atoms with Crippen LogP contribution in [0.3, 0.4) is 0 Å². The third-order valence-electron chi connectivity index (χ3n) is 4.79. The van der Waals surface area contributed by atoms with E-state index in [2.05, 4.69) is 10.6 Å². The molecule has 2 N–H and O–H groups in total. The van der Waals surface area contributed by atoms with Crippen molar-refractivity contribution in [1.82, 2.24) is 9.62 Å². The first-order chi connectivity index (χ1) is 13.3. The molecule has 28 heavy (non-hydrogen) atoms. The van der Waals surface area contributed by atoms with E-state index < -0.39 is 10.0 Å². The highest BCUT2D eigenvalue weighted by Gasteiger charge is 2.30. The van der Waals surface area contributed by atoms with E-state index in [1.807, 2.05) is 31.2 Å². The van der Waals surface area contributed by atoms with Crippen molar-refractivity contribution in [1.29, 1.82) is 0 Å². The quantitative estimate of drug-likeness (QED) is 0.769. The van der Waals surface area contributed by atoms with Gasteiger partial charge in [0, 0.05) is 30.3 Å². The van der Waals surface area contributed by atoms with Gasteiger partial charge in [-0.3, -0.25) is 0 Å². The SMILES string of the molecule is Cc1ccc(NC(=O)NCC2CCCN(S(=O)(=O)c3ccc(Cl)cc3)C2)cc1. The summed E-state index contributed by atoms with van der Waals surface area (Å²) in [5.74, 6) is 0.0691. The normalized spacial score (nSPS) is 17.9. The molecular weight excluding hydrogens is 398 g/mol. The van der Waals surface area contributed by atoms with E-state index in [1.165, 1.54) is 16.4 Å². The molecule has 2 amide bonds. The van der Waals surface area contributed by atoms with Gasteiger partial charge >= 0.3 is 6.03 Å². The second kappa shape index (κ2) is 8.94. The van der Waals surface area contributed by atoms with Crippen LogP contribution < -0.4 is 10.6 Å². The van der Waals surface area contributed by atoms with Gasteiger partial charge in [0.1, 0.15) is 0 Å². The van der Waals surface area contributed by atoms with Crippen molar-refractivity contribution in [2.45, 2.75) is 24.7 Å². The minimum atomic E-state index is -3.56. The molecule has 0 aromatic heterocycles. The highest BCUT2D eigenvalue weighted by Crippen LogP contribution is 2.24. The number of piperidine rings is 1. The van der Waals surface area contributed by atoms with E-state index in [9.17, 15) is 13.2 Å². The molecule has 1 aliphatic rings. The summed E-state index contributed by atoms with van der Waals surface area (Å²) in [6.07, 6.45) is 1.64. The number of carbonyl (C=O) groups is 1. The minimum Gasteiger partial charge on any atom is -0.338 e. The molecule has 0 bridgehead atoms. The molecule has 6 nitrogen and oxygen atoms in total. The number of halogens is 1. The van der Waals surface area contributed by atoms with Gasteiger partial charge in [0.25, 0.3) is 0 Å². The summed E-state index contributed by atoms with van der Waals surface area (Å²) in [6.45, 7) is 3.27. The monoisotopic (exact) mass is 421 g/mol. The molecule has 1 heterocycles. The molecule has 2 aromatic rings. The standard InChI is InChI=1S/C20H24ClN3O3S/c1-15-4-8-18(9-5-15)23-20(25)22-13-16-3-2-12-24(14-16)28(26,27)19-10-6-17(21)7-11-19/h4-11,16H,2-3,12-14H2,1H3,(H2,22,23,25). The molecule has 3 rings (SSSR count). The van der Waals surface area contributed by atoms with Crippen molar-refractivity contribution in [3.05, 3.63) is 59.1 Å². The number of urea groups is 1. The molecule has 0 radical (unpaired) electrons. The molecular formula is C20H24ClN3O3S. The number of benzene rings is 2. The van der Waals surface area contributed by atoms with Gasteiger partial charge in [0.05, 0.1) is 4.90 Å². The molecule has 1 fully saturated rings. The van der Waals surface area contributed by atoms with Gasteiger partial charge in [0.15, 0.2) is 0 Å². The van der Waals surface area contributed by atoms with E-state index in [-0.39, 0.29) is 16.8 Å². The maximum atomic E-state index is 12.8. The first-order valence-electron chi connectivity index (χ1n) is 9.22. The molecule has 0 saturated carbocycles. The molecule has 8 heteroatoms. The van der Waals surface area contributed by atoms with Crippen LogP contribution in [0.4, 0.5) is 10.5 Å². The number of rotatable bonds is 5. The van der Waals surface area contributed by atoms with E-state index in [1.54, 1.807) is 12.1 Å². The molecule has 0 aliphatic carbocycles. The Morgan fingerprint density at radius 3 is 2.50 bits per heavy atom. The average molecular weight is 422 g/mol. The number of hydrogen-bond acceptors (Lipinski definition) is 3.